The zero-order chi connectivity index (χ0) is 54.6. The summed E-state index contributed by atoms with van der Waals surface area (Å²) in [7, 11) is -3.39. The lowest BCUT2D eigenvalue weighted by atomic mass is 10.3. The molecular formula is C54H87O22P. The van der Waals surface area contributed by atoms with Crippen LogP contribution in [0.2, 0.25) is 0 Å². The molecule has 0 unspecified atom stereocenters. The largest absolute Gasteiger partial charge is 0.491 e. The van der Waals surface area contributed by atoms with Gasteiger partial charge in [0.05, 0.1) is 218 Å². The minimum absolute atomic E-state index is 0.00199. The number of ether oxygens (including phenoxy) is 18. The molecule has 0 aliphatic carbocycles. The number of rotatable bonds is 57. The van der Waals surface area contributed by atoms with Gasteiger partial charge in [0, 0.05) is 15.9 Å². The quantitative estimate of drug-likeness (QED) is 0.0538. The molecule has 22 nitrogen and oxygen atoms in total. The lowest BCUT2D eigenvalue weighted by molar-refractivity contribution is -0.0146. The summed E-state index contributed by atoms with van der Waals surface area (Å²) in [6.45, 7) is 13.5. The predicted octanol–water partition coefficient (Wildman–Crippen LogP) is 1.69. The minimum Gasteiger partial charge on any atom is -0.491 e. The van der Waals surface area contributed by atoms with Crippen LogP contribution >= 0.6 is 7.14 Å². The van der Waals surface area contributed by atoms with Gasteiger partial charge in [0.1, 0.15) is 37.1 Å². The molecule has 0 radical (unpaired) electrons. The van der Waals surface area contributed by atoms with Crippen LogP contribution in [0.5, 0.6) is 17.2 Å². The normalized spacial score (nSPS) is 11.7. The van der Waals surface area contributed by atoms with Gasteiger partial charge < -0.3 is 105 Å². The Morgan fingerprint density at radius 1 is 0.221 bits per heavy atom. The van der Waals surface area contributed by atoms with Gasteiger partial charge in [0.25, 0.3) is 0 Å². The molecule has 0 bridgehead atoms. The molecule has 0 amide bonds. The third-order valence-electron chi connectivity index (χ3n) is 10.3. The van der Waals surface area contributed by atoms with E-state index in [1.165, 1.54) is 0 Å². The van der Waals surface area contributed by atoms with Gasteiger partial charge in [-0.2, -0.15) is 0 Å². The van der Waals surface area contributed by atoms with Crippen LogP contribution in [0.25, 0.3) is 0 Å². The van der Waals surface area contributed by atoms with Gasteiger partial charge in [0.2, 0.25) is 0 Å². The van der Waals surface area contributed by atoms with Gasteiger partial charge in [0.15, 0.2) is 7.14 Å². The fourth-order valence-corrected chi connectivity index (χ4v) is 9.10. The molecule has 0 spiro atoms. The summed E-state index contributed by atoms with van der Waals surface area (Å²) in [6, 6.07) is 21.8. The number of hydrogen-bond donors (Lipinski definition) is 3. The first-order valence-electron chi connectivity index (χ1n) is 26.4. The maximum atomic E-state index is 15.4. The summed E-state index contributed by atoms with van der Waals surface area (Å²) in [4.78, 5) is 0. The van der Waals surface area contributed by atoms with Crippen molar-refractivity contribution in [2.45, 2.75) is 0 Å². The van der Waals surface area contributed by atoms with Crippen molar-refractivity contribution >= 4 is 23.1 Å². The lowest BCUT2D eigenvalue weighted by Gasteiger charge is -2.21. The minimum atomic E-state index is -3.39. The van der Waals surface area contributed by atoms with E-state index >= 15 is 4.57 Å². The first-order valence-corrected chi connectivity index (χ1v) is 28.1. The molecule has 3 N–H and O–H groups in total. The van der Waals surface area contributed by atoms with Crippen LogP contribution in [-0.2, 0) is 75.6 Å². The van der Waals surface area contributed by atoms with Gasteiger partial charge in [-0.05, 0) is 72.8 Å². The highest BCUT2D eigenvalue weighted by Crippen LogP contribution is 2.43. The van der Waals surface area contributed by atoms with Crippen LogP contribution in [0.1, 0.15) is 0 Å². The van der Waals surface area contributed by atoms with Crippen molar-refractivity contribution in [2.24, 2.45) is 0 Å². The van der Waals surface area contributed by atoms with Crippen LogP contribution in [0.3, 0.4) is 0 Å². The van der Waals surface area contributed by atoms with Crippen molar-refractivity contribution in [3.8, 4) is 17.2 Å². The van der Waals surface area contributed by atoms with Crippen molar-refractivity contribution in [1.29, 1.82) is 0 Å². The molecule has 3 rings (SSSR count). The highest BCUT2D eigenvalue weighted by Gasteiger charge is 2.30. The monoisotopic (exact) mass is 1120 g/mol. The van der Waals surface area contributed by atoms with Crippen LogP contribution in [0.4, 0.5) is 0 Å². The van der Waals surface area contributed by atoms with Crippen molar-refractivity contribution < 1.29 is 105 Å². The SMILES string of the molecule is O=P(c1ccc(OCCOCCOCCOCCOCCOCCO)cc1)(c1ccc(OCCOCCOCCOCCOCCOCCO)cc1)c1ccc(OCCOCCOCCOCCOCCOCCO)cc1. The Kier molecular flexibility index (Phi) is 43.7. The average molecular weight is 1120 g/mol. The smallest absolute Gasteiger partial charge is 0.171 e. The maximum absolute atomic E-state index is 15.4. The number of aliphatic hydroxyl groups excluding tert-OH is 3. The maximum Gasteiger partial charge on any atom is 0.171 e. The lowest BCUT2D eigenvalue weighted by Crippen LogP contribution is -2.25. The van der Waals surface area contributed by atoms with E-state index in [2.05, 4.69) is 0 Å². The highest BCUT2D eigenvalue weighted by molar-refractivity contribution is 7.85. The summed E-state index contributed by atoms with van der Waals surface area (Å²) in [6.07, 6.45) is 0. The number of aliphatic hydroxyl groups is 3. The molecular weight excluding hydrogens is 1030 g/mol. The van der Waals surface area contributed by atoms with Gasteiger partial charge in [-0.3, -0.25) is 0 Å². The van der Waals surface area contributed by atoms with E-state index in [0.717, 1.165) is 0 Å². The molecule has 0 heterocycles. The molecule has 440 valence electrons. The van der Waals surface area contributed by atoms with E-state index in [1.54, 1.807) is 0 Å². The van der Waals surface area contributed by atoms with Crippen LogP contribution < -0.4 is 30.1 Å². The van der Waals surface area contributed by atoms with E-state index in [9.17, 15) is 0 Å². The first-order chi connectivity index (χ1) is 38.1. The Hall–Kier alpha value is -3.43. The van der Waals surface area contributed by atoms with Gasteiger partial charge >= 0.3 is 0 Å². The Bertz CT molecular complexity index is 1580. The molecule has 0 aliphatic heterocycles. The van der Waals surface area contributed by atoms with E-state index in [1.807, 2.05) is 72.8 Å². The second kappa shape index (κ2) is 49.6. The van der Waals surface area contributed by atoms with Crippen LogP contribution in [0.15, 0.2) is 72.8 Å². The van der Waals surface area contributed by atoms with E-state index in [4.69, 9.17) is 101 Å². The van der Waals surface area contributed by atoms with Crippen LogP contribution in [-0.4, -0.2) is 253 Å². The third kappa shape index (κ3) is 35.0. The first kappa shape index (κ1) is 67.8. The Morgan fingerprint density at radius 2 is 0.364 bits per heavy atom. The van der Waals surface area contributed by atoms with E-state index in [0.29, 0.717) is 251 Å². The van der Waals surface area contributed by atoms with Crippen molar-refractivity contribution in [1.82, 2.24) is 0 Å². The summed E-state index contributed by atoms with van der Waals surface area (Å²) >= 11 is 0. The molecule has 0 aromatic heterocycles. The van der Waals surface area contributed by atoms with E-state index < -0.39 is 7.14 Å². The zero-order valence-electron chi connectivity index (χ0n) is 44.9. The summed E-state index contributed by atoms with van der Waals surface area (Å²) < 4.78 is 115. The van der Waals surface area contributed by atoms with Gasteiger partial charge in [-0.15, -0.1) is 0 Å². The van der Waals surface area contributed by atoms with Crippen molar-refractivity contribution in [2.75, 3.05) is 238 Å². The fraction of sp³-hybridized carbons (Fsp3) is 0.667. The molecule has 0 atom stereocenters. The molecule has 3 aromatic rings. The van der Waals surface area contributed by atoms with Gasteiger partial charge in [-0.25, -0.2) is 0 Å². The molecule has 23 heteroatoms. The third-order valence-corrected chi connectivity index (χ3v) is 13.3. The topological polar surface area (TPSA) is 244 Å². The Labute approximate surface area is 454 Å². The highest BCUT2D eigenvalue weighted by atomic mass is 31.2. The summed E-state index contributed by atoms with van der Waals surface area (Å²) in [5.41, 5.74) is 0. The molecule has 77 heavy (non-hydrogen) atoms. The second-order valence-electron chi connectivity index (χ2n) is 16.0. The molecule has 0 saturated heterocycles. The summed E-state index contributed by atoms with van der Waals surface area (Å²) in [5.74, 6) is 1.84. The average Bonchev–Trinajstić information content (AvgIpc) is 3.51. The van der Waals surface area contributed by atoms with Crippen LogP contribution in [0, 0.1) is 0 Å². The number of benzene rings is 3. The number of hydrogen-bond acceptors (Lipinski definition) is 22. The fourth-order valence-electron chi connectivity index (χ4n) is 6.50. The molecule has 0 aliphatic rings. The Morgan fingerprint density at radius 3 is 0.519 bits per heavy atom. The summed E-state index contributed by atoms with van der Waals surface area (Å²) in [5, 5.41) is 28.0. The van der Waals surface area contributed by atoms with Gasteiger partial charge in [-0.1, -0.05) is 0 Å². The van der Waals surface area contributed by atoms with E-state index in [-0.39, 0.29) is 19.8 Å². The molecule has 3 aromatic carbocycles. The Balaban J connectivity index is 1.40. The predicted molar refractivity (Wildman–Crippen MR) is 286 cm³/mol. The zero-order valence-corrected chi connectivity index (χ0v) is 45.8. The van der Waals surface area contributed by atoms with Crippen molar-refractivity contribution in [3.05, 3.63) is 72.8 Å². The molecule has 0 fully saturated rings. The second-order valence-corrected chi connectivity index (χ2v) is 18.8. The molecule has 0 saturated carbocycles. The van der Waals surface area contributed by atoms with Crippen molar-refractivity contribution in [3.63, 3.8) is 0 Å². The standard InChI is InChI=1S/C54H87O22P/c55-13-16-59-19-22-62-25-28-65-31-34-68-37-40-71-43-46-74-49-1-7-52(8-2-49)77(58,53-9-3-50(4-10-53)75-47-44-72-41-38-69-35-32-66-29-26-63-23-20-60-17-14-56)54-11-5-51(6-12-54)76-48-45-73-42-39-70-36-33-67-30-27-64-24-21-61-18-15-57/h1-12,55-57H,13-48H2.